The molecule has 2 atom stereocenters. The summed E-state index contributed by atoms with van der Waals surface area (Å²) < 4.78 is 0. The third kappa shape index (κ3) is 3.11. The normalized spacial score (nSPS) is 32.8. The van der Waals surface area contributed by atoms with Gasteiger partial charge in [-0.05, 0) is 50.7 Å². The fraction of sp³-hybridized carbons (Fsp3) is 0.600. The Morgan fingerprint density at radius 2 is 1.48 bits per heavy atom. The number of fused-ring (bicyclic) bond motifs is 1. The van der Waals surface area contributed by atoms with Crippen LogP contribution >= 0.6 is 0 Å². The number of aliphatic hydroxyl groups is 1. The van der Waals surface area contributed by atoms with Gasteiger partial charge in [0.25, 0.3) is 11.8 Å². The second kappa shape index (κ2) is 6.89. The number of aliphatic hydroxyl groups excluding tert-OH is 1. The smallest absolute Gasteiger partial charge is 0.261 e. The predicted molar refractivity (Wildman–Crippen MR) is 94.4 cm³/mol. The number of rotatable bonds is 3. The van der Waals surface area contributed by atoms with E-state index >= 15 is 0 Å². The van der Waals surface area contributed by atoms with Gasteiger partial charge >= 0.3 is 0 Å². The van der Waals surface area contributed by atoms with Gasteiger partial charge < -0.3 is 10.4 Å². The van der Waals surface area contributed by atoms with Crippen molar-refractivity contribution in [3.05, 3.63) is 35.4 Å². The van der Waals surface area contributed by atoms with Gasteiger partial charge in [0.1, 0.15) is 0 Å². The van der Waals surface area contributed by atoms with Crippen LogP contribution in [0.3, 0.4) is 0 Å². The summed E-state index contributed by atoms with van der Waals surface area (Å²) in [5, 5.41) is 13.8. The first-order chi connectivity index (χ1) is 12.1. The lowest BCUT2D eigenvalue weighted by Crippen LogP contribution is -2.50. The third-order valence-electron chi connectivity index (χ3n) is 6.07. The molecule has 2 aliphatic carbocycles. The molecule has 2 fully saturated rings. The van der Waals surface area contributed by atoms with E-state index in [1.807, 2.05) is 12.1 Å². The number of amides is 2. The summed E-state index contributed by atoms with van der Waals surface area (Å²) in [5.74, 6) is -0.278. The summed E-state index contributed by atoms with van der Waals surface area (Å²) in [5.41, 5.74) is 1.08. The molecule has 2 saturated carbocycles. The van der Waals surface area contributed by atoms with E-state index in [-0.39, 0.29) is 30.0 Å². The van der Waals surface area contributed by atoms with Gasteiger partial charge in [-0.2, -0.15) is 0 Å². The average Bonchev–Trinajstić information content (AvgIpc) is 2.89. The van der Waals surface area contributed by atoms with Crippen LogP contribution in [0.2, 0.25) is 0 Å². The molecule has 0 aromatic heterocycles. The zero-order valence-corrected chi connectivity index (χ0v) is 14.5. The molecule has 1 aliphatic heterocycles. The number of nitrogens with zero attached hydrogens (tertiary/aromatic N) is 1. The topological polar surface area (TPSA) is 69.6 Å². The number of hydrogen-bond donors (Lipinski definition) is 2. The van der Waals surface area contributed by atoms with Crippen molar-refractivity contribution < 1.29 is 14.7 Å². The molecule has 5 heteroatoms. The van der Waals surface area contributed by atoms with Gasteiger partial charge in [0.2, 0.25) is 0 Å². The SMILES string of the molecule is O=C1c2ccccc2C(=O)N1C1CCC(N[C@@H]2CCCC[C@H]2O)CC1. The zero-order chi connectivity index (χ0) is 17.4. The fourth-order valence-corrected chi connectivity index (χ4v) is 4.65. The lowest BCUT2D eigenvalue weighted by atomic mass is 9.87. The van der Waals surface area contributed by atoms with E-state index in [1.54, 1.807) is 12.1 Å². The Kier molecular flexibility index (Phi) is 4.61. The molecule has 25 heavy (non-hydrogen) atoms. The number of benzene rings is 1. The average molecular weight is 342 g/mol. The van der Waals surface area contributed by atoms with Crippen LogP contribution in [-0.2, 0) is 0 Å². The Morgan fingerprint density at radius 1 is 0.880 bits per heavy atom. The van der Waals surface area contributed by atoms with Crippen molar-refractivity contribution in [3.8, 4) is 0 Å². The fourth-order valence-electron chi connectivity index (χ4n) is 4.65. The Balaban J connectivity index is 1.36. The molecule has 0 radical (unpaired) electrons. The minimum absolute atomic E-state index is 0.00160. The first-order valence-electron chi connectivity index (χ1n) is 9.56. The molecule has 1 aromatic rings. The zero-order valence-electron chi connectivity index (χ0n) is 14.5. The highest BCUT2D eigenvalue weighted by atomic mass is 16.3. The quantitative estimate of drug-likeness (QED) is 0.828. The van der Waals surface area contributed by atoms with E-state index in [9.17, 15) is 14.7 Å². The molecular formula is C20H26N2O3. The number of imide groups is 1. The maximum Gasteiger partial charge on any atom is 0.261 e. The van der Waals surface area contributed by atoms with Gasteiger partial charge in [0, 0.05) is 18.1 Å². The van der Waals surface area contributed by atoms with Crippen LogP contribution in [0.1, 0.15) is 72.1 Å². The maximum absolute atomic E-state index is 12.6. The number of carbonyl (C=O) groups excluding carboxylic acids is 2. The van der Waals surface area contributed by atoms with Crippen LogP contribution in [0.5, 0.6) is 0 Å². The first-order valence-corrected chi connectivity index (χ1v) is 9.56. The van der Waals surface area contributed by atoms with E-state index in [4.69, 9.17) is 0 Å². The van der Waals surface area contributed by atoms with Gasteiger partial charge in [-0.3, -0.25) is 14.5 Å². The third-order valence-corrected chi connectivity index (χ3v) is 6.07. The lowest BCUT2D eigenvalue weighted by molar-refractivity contribution is 0.0515. The molecule has 5 nitrogen and oxygen atoms in total. The monoisotopic (exact) mass is 342 g/mol. The molecule has 0 bridgehead atoms. The second-order valence-corrected chi connectivity index (χ2v) is 7.66. The number of carbonyl (C=O) groups is 2. The Labute approximate surface area is 148 Å². The van der Waals surface area contributed by atoms with E-state index < -0.39 is 0 Å². The second-order valence-electron chi connectivity index (χ2n) is 7.66. The Hall–Kier alpha value is -1.72. The van der Waals surface area contributed by atoms with Crippen molar-refractivity contribution in [2.75, 3.05) is 0 Å². The molecule has 3 aliphatic rings. The molecule has 134 valence electrons. The van der Waals surface area contributed by atoms with Crippen LogP contribution < -0.4 is 5.32 Å². The number of nitrogens with one attached hydrogen (secondary N) is 1. The maximum atomic E-state index is 12.6. The summed E-state index contributed by atoms with van der Waals surface area (Å²) in [6.07, 6.45) is 7.56. The van der Waals surface area contributed by atoms with E-state index in [0.717, 1.165) is 44.9 Å². The van der Waals surface area contributed by atoms with Gasteiger partial charge in [0.15, 0.2) is 0 Å². The van der Waals surface area contributed by atoms with E-state index in [2.05, 4.69) is 5.32 Å². The largest absolute Gasteiger partial charge is 0.392 e. The highest BCUT2D eigenvalue weighted by Crippen LogP contribution is 2.31. The van der Waals surface area contributed by atoms with Crippen molar-refractivity contribution in [2.24, 2.45) is 0 Å². The van der Waals surface area contributed by atoms with Crippen molar-refractivity contribution in [2.45, 2.75) is 75.6 Å². The van der Waals surface area contributed by atoms with E-state index in [0.29, 0.717) is 17.2 Å². The lowest BCUT2D eigenvalue weighted by Gasteiger charge is -2.37. The highest BCUT2D eigenvalue weighted by Gasteiger charge is 2.41. The minimum atomic E-state index is -0.234. The molecule has 2 amide bonds. The minimum Gasteiger partial charge on any atom is -0.392 e. The van der Waals surface area contributed by atoms with Crippen molar-refractivity contribution in [3.63, 3.8) is 0 Å². The molecule has 1 heterocycles. The summed E-state index contributed by atoms with van der Waals surface area (Å²) in [4.78, 5) is 26.7. The summed E-state index contributed by atoms with van der Waals surface area (Å²) in [6, 6.07) is 7.69. The molecule has 4 rings (SSSR count). The Bertz CT molecular complexity index is 632. The van der Waals surface area contributed by atoms with Crippen molar-refractivity contribution >= 4 is 11.8 Å². The van der Waals surface area contributed by atoms with Gasteiger partial charge in [0.05, 0.1) is 17.2 Å². The summed E-state index contributed by atoms with van der Waals surface area (Å²) in [7, 11) is 0. The molecule has 0 unspecified atom stereocenters. The molecule has 0 saturated heterocycles. The number of hydrogen-bond acceptors (Lipinski definition) is 4. The highest BCUT2D eigenvalue weighted by molar-refractivity contribution is 6.21. The van der Waals surface area contributed by atoms with Crippen LogP contribution in [0.25, 0.3) is 0 Å². The Morgan fingerprint density at radius 3 is 2.08 bits per heavy atom. The summed E-state index contributed by atoms with van der Waals surface area (Å²) >= 11 is 0. The van der Waals surface area contributed by atoms with Crippen molar-refractivity contribution in [1.29, 1.82) is 0 Å². The first kappa shape index (κ1) is 16.7. The van der Waals surface area contributed by atoms with Crippen LogP contribution in [-0.4, -0.2) is 46.1 Å². The molecular weight excluding hydrogens is 316 g/mol. The van der Waals surface area contributed by atoms with Crippen molar-refractivity contribution in [1.82, 2.24) is 10.2 Å². The van der Waals surface area contributed by atoms with Gasteiger partial charge in [-0.15, -0.1) is 0 Å². The van der Waals surface area contributed by atoms with Crippen LogP contribution in [0.15, 0.2) is 24.3 Å². The van der Waals surface area contributed by atoms with Gasteiger partial charge in [-0.1, -0.05) is 25.0 Å². The van der Waals surface area contributed by atoms with Crippen LogP contribution in [0.4, 0.5) is 0 Å². The molecule has 0 spiro atoms. The van der Waals surface area contributed by atoms with Gasteiger partial charge in [-0.25, -0.2) is 0 Å². The summed E-state index contributed by atoms with van der Waals surface area (Å²) in [6.45, 7) is 0. The molecule has 1 aromatic carbocycles. The predicted octanol–water partition coefficient (Wildman–Crippen LogP) is 2.49. The van der Waals surface area contributed by atoms with E-state index in [1.165, 1.54) is 11.3 Å². The van der Waals surface area contributed by atoms with Crippen LogP contribution in [0, 0.1) is 0 Å². The standard InChI is InChI=1S/C20H26N2O3/c23-18-8-4-3-7-17(18)21-13-9-11-14(12-10-13)22-19(24)15-5-1-2-6-16(15)20(22)25/h1-2,5-6,13-14,17-18,21,23H,3-4,7-12H2/t13?,14?,17-,18-/m1/s1. The molecule has 2 N–H and O–H groups in total.